The van der Waals surface area contributed by atoms with Gasteiger partial charge in [0.15, 0.2) is 6.10 Å². The molecule has 0 unspecified atom stereocenters. The zero-order chi connectivity index (χ0) is 20.9. The van der Waals surface area contributed by atoms with Gasteiger partial charge in [-0.15, -0.1) is 0 Å². The number of amides is 1. The van der Waals surface area contributed by atoms with E-state index in [1.165, 1.54) is 44.2 Å². The second kappa shape index (κ2) is 9.03. The molecule has 0 spiro atoms. The number of nitrogens with zero attached hydrogens (tertiary/aromatic N) is 2. The summed E-state index contributed by atoms with van der Waals surface area (Å²) in [6.45, 7) is 1.63. The molecular formula is C18H23N3O6S. The van der Waals surface area contributed by atoms with Crippen LogP contribution < -0.4 is 9.46 Å². The number of esters is 1. The molecular weight excluding hydrogens is 386 g/mol. The highest BCUT2D eigenvalue weighted by Gasteiger charge is 2.31. The van der Waals surface area contributed by atoms with Crippen LogP contribution in [0.1, 0.15) is 36.5 Å². The first-order chi connectivity index (χ1) is 13.2. The standard InChI is InChI=1S/C18H23N3O6S/c1-12(17(22)21(2)10-4-9-19)27-18(23)13-5-8-15(26-3)16(11-13)28(24,25)20-14-6-7-14/h5,8,11-12,14,20H,4,6-7,10H2,1-3H3/t12-/m0/s1. The second-order valence-corrected chi connectivity index (χ2v) is 8.16. The predicted octanol–water partition coefficient (Wildman–Crippen LogP) is 1.05. The summed E-state index contributed by atoms with van der Waals surface area (Å²) in [5.74, 6) is -1.19. The summed E-state index contributed by atoms with van der Waals surface area (Å²) < 4.78 is 37.9. The summed E-state index contributed by atoms with van der Waals surface area (Å²) in [5.41, 5.74) is -0.0173. The van der Waals surface area contributed by atoms with E-state index in [2.05, 4.69) is 4.72 Å². The van der Waals surface area contributed by atoms with Gasteiger partial charge in [-0.3, -0.25) is 4.79 Å². The highest BCUT2D eigenvalue weighted by Crippen LogP contribution is 2.28. The van der Waals surface area contributed by atoms with E-state index in [4.69, 9.17) is 14.7 Å². The third-order valence-electron chi connectivity index (χ3n) is 4.15. The quantitative estimate of drug-likeness (QED) is 0.604. The highest BCUT2D eigenvalue weighted by atomic mass is 32.2. The van der Waals surface area contributed by atoms with E-state index in [0.717, 1.165) is 12.8 Å². The molecule has 1 fully saturated rings. The lowest BCUT2D eigenvalue weighted by Crippen LogP contribution is -2.38. The minimum atomic E-state index is -3.85. The Balaban J connectivity index is 2.16. The molecule has 0 bridgehead atoms. The van der Waals surface area contributed by atoms with Crippen LogP contribution in [0.5, 0.6) is 5.75 Å². The molecule has 1 atom stereocenters. The van der Waals surface area contributed by atoms with Crippen LogP contribution >= 0.6 is 0 Å². The minimum absolute atomic E-state index is 0.0173. The zero-order valence-corrected chi connectivity index (χ0v) is 16.8. The first kappa shape index (κ1) is 21.7. The minimum Gasteiger partial charge on any atom is -0.495 e. The Hall–Kier alpha value is -2.64. The van der Waals surface area contributed by atoms with Crippen LogP contribution in [0.3, 0.4) is 0 Å². The number of carbonyl (C=O) groups excluding carboxylic acids is 2. The summed E-state index contributed by atoms with van der Waals surface area (Å²) in [6.07, 6.45) is 0.615. The maximum Gasteiger partial charge on any atom is 0.338 e. The molecule has 0 heterocycles. The number of nitriles is 1. The zero-order valence-electron chi connectivity index (χ0n) is 16.0. The van der Waals surface area contributed by atoms with Gasteiger partial charge in [-0.1, -0.05) is 0 Å². The predicted molar refractivity (Wildman–Crippen MR) is 99.1 cm³/mol. The van der Waals surface area contributed by atoms with E-state index in [1.54, 1.807) is 0 Å². The van der Waals surface area contributed by atoms with Gasteiger partial charge in [0.25, 0.3) is 5.91 Å². The van der Waals surface area contributed by atoms with Crippen LogP contribution in [-0.4, -0.2) is 58.0 Å². The molecule has 0 radical (unpaired) electrons. The Labute approximate surface area is 164 Å². The second-order valence-electron chi connectivity index (χ2n) is 6.48. The number of rotatable bonds is 9. The molecule has 1 aliphatic carbocycles. The molecule has 152 valence electrons. The van der Waals surface area contributed by atoms with Crippen molar-refractivity contribution in [3.8, 4) is 11.8 Å². The SMILES string of the molecule is COc1ccc(C(=O)O[C@@H](C)C(=O)N(C)CCC#N)cc1S(=O)(=O)NC1CC1. The van der Waals surface area contributed by atoms with Crippen molar-refractivity contribution in [3.63, 3.8) is 0 Å². The Morgan fingerprint density at radius 1 is 1.39 bits per heavy atom. The first-order valence-corrected chi connectivity index (χ1v) is 10.2. The van der Waals surface area contributed by atoms with Gasteiger partial charge in [0.2, 0.25) is 10.0 Å². The van der Waals surface area contributed by atoms with Gasteiger partial charge in [-0.2, -0.15) is 5.26 Å². The van der Waals surface area contributed by atoms with E-state index < -0.39 is 28.0 Å². The number of nitrogens with one attached hydrogen (secondary N) is 1. The molecule has 1 aromatic carbocycles. The van der Waals surface area contributed by atoms with Crippen molar-refractivity contribution in [2.24, 2.45) is 0 Å². The normalized spacial score (nSPS) is 14.6. The fourth-order valence-corrected chi connectivity index (χ4v) is 3.91. The topological polar surface area (TPSA) is 126 Å². The summed E-state index contributed by atoms with van der Waals surface area (Å²) in [5, 5.41) is 8.58. The molecule has 1 amide bonds. The number of carbonyl (C=O) groups is 2. The van der Waals surface area contributed by atoms with Crippen LogP contribution in [-0.2, 0) is 19.6 Å². The van der Waals surface area contributed by atoms with Crippen molar-refractivity contribution in [3.05, 3.63) is 23.8 Å². The molecule has 10 heteroatoms. The van der Waals surface area contributed by atoms with E-state index >= 15 is 0 Å². The summed E-state index contributed by atoms with van der Waals surface area (Å²) in [4.78, 5) is 25.7. The Kier molecular flexibility index (Phi) is 6.99. The molecule has 28 heavy (non-hydrogen) atoms. The number of sulfonamides is 1. The third kappa shape index (κ3) is 5.43. The van der Waals surface area contributed by atoms with Gasteiger partial charge in [0.05, 0.1) is 25.2 Å². The number of methoxy groups -OCH3 is 1. The van der Waals surface area contributed by atoms with Gasteiger partial charge >= 0.3 is 5.97 Å². The molecule has 1 aromatic rings. The number of likely N-dealkylation sites (N-methyl/N-ethyl adjacent to an activating group) is 1. The smallest absolute Gasteiger partial charge is 0.338 e. The van der Waals surface area contributed by atoms with Crippen LogP contribution in [0.2, 0.25) is 0 Å². The van der Waals surface area contributed by atoms with Gasteiger partial charge in [0.1, 0.15) is 10.6 Å². The van der Waals surface area contributed by atoms with Crippen LogP contribution in [0.15, 0.2) is 23.1 Å². The Morgan fingerprint density at radius 3 is 2.64 bits per heavy atom. The van der Waals surface area contributed by atoms with Crippen molar-refractivity contribution < 1.29 is 27.5 Å². The maximum absolute atomic E-state index is 12.5. The fourth-order valence-electron chi connectivity index (χ4n) is 2.42. The van der Waals surface area contributed by atoms with Crippen molar-refractivity contribution in [2.45, 2.75) is 43.2 Å². The molecule has 9 nitrogen and oxygen atoms in total. The Bertz CT molecular complexity index is 889. The molecule has 2 rings (SSSR count). The summed E-state index contributed by atoms with van der Waals surface area (Å²) in [7, 11) is -1.01. The number of ether oxygens (including phenoxy) is 2. The maximum atomic E-state index is 12.5. The molecule has 1 aliphatic rings. The van der Waals surface area contributed by atoms with Gasteiger partial charge < -0.3 is 14.4 Å². The lowest BCUT2D eigenvalue weighted by Gasteiger charge is -2.20. The van der Waals surface area contributed by atoms with Gasteiger partial charge in [-0.25, -0.2) is 17.9 Å². The van der Waals surface area contributed by atoms with Crippen molar-refractivity contribution in [1.29, 1.82) is 5.26 Å². The lowest BCUT2D eigenvalue weighted by molar-refractivity contribution is -0.138. The van der Waals surface area contributed by atoms with Crippen LogP contribution in [0.25, 0.3) is 0 Å². The largest absolute Gasteiger partial charge is 0.495 e. The van der Waals surface area contributed by atoms with E-state index in [9.17, 15) is 18.0 Å². The Morgan fingerprint density at radius 2 is 2.07 bits per heavy atom. The lowest BCUT2D eigenvalue weighted by atomic mass is 10.2. The molecule has 1 N–H and O–H groups in total. The molecule has 1 saturated carbocycles. The molecule has 0 aliphatic heterocycles. The average Bonchev–Trinajstić information content (AvgIpc) is 3.47. The molecule has 0 aromatic heterocycles. The van der Waals surface area contributed by atoms with Gasteiger partial charge in [0, 0.05) is 19.6 Å². The monoisotopic (exact) mass is 409 g/mol. The fraction of sp³-hybridized carbons (Fsp3) is 0.500. The highest BCUT2D eigenvalue weighted by molar-refractivity contribution is 7.89. The number of benzene rings is 1. The van der Waals surface area contributed by atoms with Crippen molar-refractivity contribution in [1.82, 2.24) is 9.62 Å². The van der Waals surface area contributed by atoms with Crippen molar-refractivity contribution in [2.75, 3.05) is 20.7 Å². The summed E-state index contributed by atoms with van der Waals surface area (Å²) in [6, 6.07) is 5.73. The van der Waals surface area contributed by atoms with Crippen molar-refractivity contribution >= 4 is 21.9 Å². The van der Waals surface area contributed by atoms with E-state index in [1.807, 2.05) is 6.07 Å². The van der Waals surface area contributed by atoms with E-state index in [-0.39, 0.29) is 35.2 Å². The molecule has 0 saturated heterocycles. The number of hydrogen-bond acceptors (Lipinski definition) is 7. The average molecular weight is 409 g/mol. The summed E-state index contributed by atoms with van der Waals surface area (Å²) >= 11 is 0. The van der Waals surface area contributed by atoms with E-state index in [0.29, 0.717) is 0 Å². The van der Waals surface area contributed by atoms with Crippen LogP contribution in [0, 0.1) is 11.3 Å². The first-order valence-electron chi connectivity index (χ1n) is 8.73. The number of hydrogen-bond donors (Lipinski definition) is 1. The van der Waals surface area contributed by atoms with Gasteiger partial charge in [-0.05, 0) is 38.0 Å². The van der Waals surface area contributed by atoms with Crippen LogP contribution in [0.4, 0.5) is 0 Å². The third-order valence-corrected chi connectivity index (χ3v) is 5.70.